The van der Waals surface area contributed by atoms with Crippen molar-refractivity contribution in [2.45, 2.75) is 45.6 Å². The van der Waals surface area contributed by atoms with Crippen molar-refractivity contribution in [3.05, 3.63) is 16.2 Å². The summed E-state index contributed by atoms with van der Waals surface area (Å²) in [4.78, 5) is 10.7. The second-order valence-electron chi connectivity index (χ2n) is 4.91. The van der Waals surface area contributed by atoms with Crippen LogP contribution in [0.1, 0.15) is 38.5 Å². The van der Waals surface area contributed by atoms with Crippen molar-refractivity contribution in [3.63, 3.8) is 0 Å². The molecule has 0 saturated heterocycles. The molecule has 0 radical (unpaired) electrons. The standard InChI is InChI=1S/C14H20ClN3OS/c1-4-9-7-10-11(16-8-14(19,5-2)6-3)17-13(15)18-12(10)20-9/h7,19H,4-6,8H2,1-3H3,(H,16,17,18). The van der Waals surface area contributed by atoms with Gasteiger partial charge >= 0.3 is 0 Å². The maximum Gasteiger partial charge on any atom is 0.225 e. The van der Waals surface area contributed by atoms with Gasteiger partial charge in [-0.15, -0.1) is 11.3 Å². The van der Waals surface area contributed by atoms with E-state index in [9.17, 15) is 5.11 Å². The Morgan fingerprint density at radius 3 is 2.60 bits per heavy atom. The zero-order valence-electron chi connectivity index (χ0n) is 12.0. The van der Waals surface area contributed by atoms with Gasteiger partial charge in [0.25, 0.3) is 0 Å². The molecule has 4 nitrogen and oxygen atoms in total. The number of anilines is 1. The molecule has 2 heterocycles. The summed E-state index contributed by atoms with van der Waals surface area (Å²) in [6, 6.07) is 2.09. The minimum absolute atomic E-state index is 0.237. The number of thiophene rings is 1. The molecular weight excluding hydrogens is 294 g/mol. The van der Waals surface area contributed by atoms with Crippen molar-refractivity contribution in [1.29, 1.82) is 0 Å². The van der Waals surface area contributed by atoms with Crippen LogP contribution in [-0.2, 0) is 6.42 Å². The predicted molar refractivity (Wildman–Crippen MR) is 85.8 cm³/mol. The van der Waals surface area contributed by atoms with Crippen LogP contribution in [0, 0.1) is 0 Å². The molecule has 2 rings (SSSR count). The molecule has 0 aliphatic rings. The molecule has 2 N–H and O–H groups in total. The van der Waals surface area contributed by atoms with Gasteiger partial charge in [0.2, 0.25) is 5.28 Å². The number of nitrogens with one attached hydrogen (secondary N) is 1. The minimum atomic E-state index is -0.715. The first kappa shape index (κ1) is 15.5. The van der Waals surface area contributed by atoms with Gasteiger partial charge in [0.1, 0.15) is 10.6 Å². The average molecular weight is 314 g/mol. The van der Waals surface area contributed by atoms with Crippen molar-refractivity contribution in [2.75, 3.05) is 11.9 Å². The first-order chi connectivity index (χ1) is 9.51. The Balaban J connectivity index is 2.31. The molecule has 2 aromatic rings. The monoisotopic (exact) mass is 313 g/mol. The van der Waals surface area contributed by atoms with Crippen molar-refractivity contribution in [2.24, 2.45) is 0 Å². The number of hydrogen-bond acceptors (Lipinski definition) is 5. The highest BCUT2D eigenvalue weighted by atomic mass is 35.5. The molecule has 0 spiro atoms. The van der Waals surface area contributed by atoms with E-state index in [4.69, 9.17) is 11.6 Å². The van der Waals surface area contributed by atoms with Crippen LogP contribution >= 0.6 is 22.9 Å². The fourth-order valence-electron chi connectivity index (χ4n) is 2.00. The van der Waals surface area contributed by atoms with Gasteiger partial charge in [-0.05, 0) is 36.9 Å². The molecule has 110 valence electrons. The molecule has 0 aromatic carbocycles. The Morgan fingerprint density at radius 2 is 2.00 bits per heavy atom. The third-order valence-corrected chi connectivity index (χ3v) is 5.01. The van der Waals surface area contributed by atoms with Gasteiger partial charge in [0, 0.05) is 11.4 Å². The van der Waals surface area contributed by atoms with Crippen LogP contribution in [0.3, 0.4) is 0 Å². The number of nitrogens with zero attached hydrogens (tertiary/aromatic N) is 2. The molecule has 0 atom stereocenters. The highest BCUT2D eigenvalue weighted by Crippen LogP contribution is 2.30. The highest BCUT2D eigenvalue weighted by Gasteiger charge is 2.22. The van der Waals surface area contributed by atoms with Crippen molar-refractivity contribution in [3.8, 4) is 0 Å². The lowest BCUT2D eigenvalue weighted by atomic mass is 9.98. The fraction of sp³-hybridized carbons (Fsp3) is 0.571. The summed E-state index contributed by atoms with van der Waals surface area (Å²) in [7, 11) is 0. The van der Waals surface area contributed by atoms with Gasteiger partial charge in [-0.2, -0.15) is 0 Å². The molecule has 0 unspecified atom stereocenters. The van der Waals surface area contributed by atoms with Crippen LogP contribution in [0.5, 0.6) is 0 Å². The van der Waals surface area contributed by atoms with E-state index < -0.39 is 5.60 Å². The molecule has 0 amide bonds. The Morgan fingerprint density at radius 1 is 1.30 bits per heavy atom. The first-order valence-electron chi connectivity index (χ1n) is 6.93. The SMILES string of the molecule is CCc1cc2c(NCC(O)(CC)CC)nc(Cl)nc2s1. The summed E-state index contributed by atoms with van der Waals surface area (Å²) < 4.78 is 0. The quantitative estimate of drug-likeness (QED) is 0.795. The summed E-state index contributed by atoms with van der Waals surface area (Å²) in [6.07, 6.45) is 2.36. The van der Waals surface area contributed by atoms with Crippen LogP contribution in [0.15, 0.2) is 6.07 Å². The number of halogens is 1. The van der Waals surface area contributed by atoms with Gasteiger partial charge in [0.15, 0.2) is 0 Å². The Hall–Kier alpha value is -0.910. The predicted octanol–water partition coefficient (Wildman–Crippen LogP) is 3.87. The summed E-state index contributed by atoms with van der Waals surface area (Å²) in [5.41, 5.74) is -0.715. The second-order valence-corrected chi connectivity index (χ2v) is 6.36. The van der Waals surface area contributed by atoms with Gasteiger partial charge in [-0.3, -0.25) is 0 Å². The summed E-state index contributed by atoms with van der Waals surface area (Å²) >= 11 is 7.61. The third kappa shape index (κ3) is 3.22. The van der Waals surface area contributed by atoms with Crippen molar-refractivity contribution in [1.82, 2.24) is 9.97 Å². The van der Waals surface area contributed by atoms with Crippen molar-refractivity contribution < 1.29 is 5.11 Å². The van der Waals surface area contributed by atoms with Crippen LogP contribution in [0.4, 0.5) is 5.82 Å². The second kappa shape index (κ2) is 6.24. The Labute approximate surface area is 128 Å². The number of aryl methyl sites for hydroxylation is 1. The number of aromatic nitrogens is 2. The van der Waals surface area contributed by atoms with E-state index in [1.54, 1.807) is 11.3 Å². The third-order valence-electron chi connectivity index (χ3n) is 3.67. The fourth-order valence-corrected chi connectivity index (χ4v) is 3.19. The van der Waals surface area contributed by atoms with E-state index in [1.165, 1.54) is 4.88 Å². The molecule has 2 aromatic heterocycles. The van der Waals surface area contributed by atoms with E-state index >= 15 is 0 Å². The molecule has 0 saturated carbocycles. The Bertz CT molecular complexity index is 595. The smallest absolute Gasteiger partial charge is 0.225 e. The first-order valence-corrected chi connectivity index (χ1v) is 8.13. The maximum absolute atomic E-state index is 10.3. The highest BCUT2D eigenvalue weighted by molar-refractivity contribution is 7.18. The van der Waals surface area contributed by atoms with Gasteiger partial charge in [-0.25, -0.2) is 9.97 Å². The van der Waals surface area contributed by atoms with Crippen LogP contribution < -0.4 is 5.32 Å². The zero-order valence-corrected chi connectivity index (χ0v) is 13.6. The lowest BCUT2D eigenvalue weighted by Crippen LogP contribution is -2.35. The van der Waals surface area contributed by atoms with E-state index in [2.05, 4.69) is 28.3 Å². The molecule has 0 bridgehead atoms. The van der Waals surface area contributed by atoms with E-state index in [-0.39, 0.29) is 5.28 Å². The van der Waals surface area contributed by atoms with Gasteiger partial charge in [-0.1, -0.05) is 20.8 Å². The Kier molecular flexibility index (Phi) is 4.83. The average Bonchev–Trinajstić information content (AvgIpc) is 2.87. The largest absolute Gasteiger partial charge is 0.388 e. The normalized spacial score (nSPS) is 12.1. The number of rotatable bonds is 6. The lowest BCUT2D eigenvalue weighted by molar-refractivity contribution is 0.0456. The number of aliphatic hydroxyl groups is 1. The van der Waals surface area contributed by atoms with E-state index in [1.807, 2.05) is 13.8 Å². The van der Waals surface area contributed by atoms with E-state index in [0.29, 0.717) is 25.2 Å². The number of hydrogen-bond donors (Lipinski definition) is 2. The summed E-state index contributed by atoms with van der Waals surface area (Å²) in [6.45, 7) is 6.53. The maximum atomic E-state index is 10.3. The molecule has 0 aliphatic heterocycles. The van der Waals surface area contributed by atoms with Crippen LogP contribution in [0.25, 0.3) is 10.2 Å². The molecule has 0 fully saturated rings. The minimum Gasteiger partial charge on any atom is -0.388 e. The molecule has 0 aliphatic carbocycles. The van der Waals surface area contributed by atoms with Gasteiger partial charge in [0.05, 0.1) is 11.0 Å². The zero-order chi connectivity index (χ0) is 14.8. The summed E-state index contributed by atoms with van der Waals surface area (Å²) in [5, 5.41) is 14.8. The lowest BCUT2D eigenvalue weighted by Gasteiger charge is -2.25. The van der Waals surface area contributed by atoms with Crippen LogP contribution in [-0.4, -0.2) is 27.2 Å². The van der Waals surface area contributed by atoms with Crippen molar-refractivity contribution >= 4 is 39.0 Å². The van der Waals surface area contributed by atoms with Crippen LogP contribution in [0.2, 0.25) is 5.28 Å². The topological polar surface area (TPSA) is 58.0 Å². The van der Waals surface area contributed by atoms with E-state index in [0.717, 1.165) is 16.6 Å². The summed E-state index contributed by atoms with van der Waals surface area (Å²) in [5.74, 6) is 0.705. The molecular formula is C14H20ClN3OS. The van der Waals surface area contributed by atoms with Gasteiger partial charge < -0.3 is 10.4 Å². The molecule has 20 heavy (non-hydrogen) atoms. The molecule has 6 heteroatoms. The number of fused-ring (bicyclic) bond motifs is 1.